The van der Waals surface area contributed by atoms with Gasteiger partial charge in [0.15, 0.2) is 11.6 Å². The lowest BCUT2D eigenvalue weighted by Crippen LogP contribution is -2.43. The first-order chi connectivity index (χ1) is 9.26. The van der Waals surface area contributed by atoms with Crippen LogP contribution >= 0.6 is 0 Å². The molecule has 1 aromatic rings. The highest BCUT2D eigenvalue weighted by atomic mass is 19.1. The molecule has 1 heterocycles. The van der Waals surface area contributed by atoms with Crippen LogP contribution in [0.4, 0.5) is 4.39 Å². The fourth-order valence-corrected chi connectivity index (χ4v) is 2.68. The predicted molar refractivity (Wildman–Crippen MR) is 73.0 cm³/mol. The molecule has 0 radical (unpaired) electrons. The lowest BCUT2D eigenvalue weighted by Gasteiger charge is -2.32. The van der Waals surface area contributed by atoms with E-state index in [0.29, 0.717) is 36.3 Å². The molecule has 0 amide bonds. The van der Waals surface area contributed by atoms with E-state index < -0.39 is 0 Å². The highest BCUT2D eigenvalue weighted by molar-refractivity contribution is 5.31. The summed E-state index contributed by atoms with van der Waals surface area (Å²) < 4.78 is 24.7. The van der Waals surface area contributed by atoms with Crippen molar-refractivity contribution in [3.8, 4) is 5.75 Å². The van der Waals surface area contributed by atoms with E-state index in [2.05, 4.69) is 12.2 Å². The van der Waals surface area contributed by atoms with Crippen LogP contribution in [-0.2, 0) is 11.2 Å². The van der Waals surface area contributed by atoms with E-state index in [0.717, 1.165) is 19.6 Å². The standard InChI is InChI=1S/C15H22FNO2/c1-3-17-13-7-8-19-10-12(13)9-11-5-4-6-14(18-2)15(11)16/h4-6,12-13,17H,3,7-10H2,1-2H3. The number of halogens is 1. The van der Waals surface area contributed by atoms with Crippen molar-refractivity contribution in [1.29, 1.82) is 0 Å². The molecule has 0 aliphatic carbocycles. The summed E-state index contributed by atoms with van der Waals surface area (Å²) in [6.07, 6.45) is 1.67. The number of benzene rings is 1. The monoisotopic (exact) mass is 267 g/mol. The number of nitrogens with one attached hydrogen (secondary N) is 1. The third kappa shape index (κ3) is 3.45. The van der Waals surface area contributed by atoms with Gasteiger partial charge in [0.2, 0.25) is 0 Å². The fourth-order valence-electron chi connectivity index (χ4n) is 2.68. The molecule has 0 saturated carbocycles. The average Bonchev–Trinajstić information content (AvgIpc) is 2.43. The first-order valence-corrected chi connectivity index (χ1v) is 6.88. The van der Waals surface area contributed by atoms with Crippen LogP contribution < -0.4 is 10.1 Å². The summed E-state index contributed by atoms with van der Waals surface area (Å²) in [7, 11) is 1.49. The van der Waals surface area contributed by atoms with Crippen LogP contribution in [0, 0.1) is 11.7 Å². The molecule has 1 saturated heterocycles. The Kier molecular flexibility index (Phi) is 5.16. The van der Waals surface area contributed by atoms with Crippen LogP contribution in [0.25, 0.3) is 0 Å². The normalized spacial score (nSPS) is 23.3. The van der Waals surface area contributed by atoms with Gasteiger partial charge in [-0.05, 0) is 31.0 Å². The van der Waals surface area contributed by atoms with Crippen LogP contribution in [0.5, 0.6) is 5.75 Å². The third-order valence-electron chi connectivity index (χ3n) is 3.69. The summed E-state index contributed by atoms with van der Waals surface area (Å²) in [4.78, 5) is 0. The van der Waals surface area contributed by atoms with Gasteiger partial charge in [-0.25, -0.2) is 4.39 Å². The van der Waals surface area contributed by atoms with Gasteiger partial charge < -0.3 is 14.8 Å². The van der Waals surface area contributed by atoms with Gasteiger partial charge in [-0.2, -0.15) is 0 Å². The van der Waals surface area contributed by atoms with Crippen molar-refractivity contribution in [2.45, 2.75) is 25.8 Å². The molecule has 1 N–H and O–H groups in total. The highest BCUT2D eigenvalue weighted by Gasteiger charge is 2.26. The zero-order chi connectivity index (χ0) is 13.7. The van der Waals surface area contributed by atoms with E-state index in [4.69, 9.17) is 9.47 Å². The summed E-state index contributed by atoms with van der Waals surface area (Å²) in [5.41, 5.74) is 0.706. The van der Waals surface area contributed by atoms with E-state index in [-0.39, 0.29) is 5.82 Å². The van der Waals surface area contributed by atoms with Gasteiger partial charge in [0.25, 0.3) is 0 Å². The Labute approximate surface area is 114 Å². The lowest BCUT2D eigenvalue weighted by molar-refractivity contribution is 0.0323. The molecular weight excluding hydrogens is 245 g/mol. The topological polar surface area (TPSA) is 30.5 Å². The van der Waals surface area contributed by atoms with Gasteiger partial charge in [0, 0.05) is 18.6 Å². The average molecular weight is 267 g/mol. The van der Waals surface area contributed by atoms with Gasteiger partial charge in [-0.3, -0.25) is 0 Å². The van der Waals surface area contributed by atoms with Crippen molar-refractivity contribution in [3.63, 3.8) is 0 Å². The molecule has 0 aromatic heterocycles. The van der Waals surface area contributed by atoms with Crippen molar-refractivity contribution >= 4 is 0 Å². The van der Waals surface area contributed by atoms with Crippen molar-refractivity contribution in [3.05, 3.63) is 29.6 Å². The Balaban J connectivity index is 2.10. The molecule has 3 nitrogen and oxygen atoms in total. The molecule has 1 aliphatic rings. The Morgan fingerprint density at radius 3 is 3.05 bits per heavy atom. The van der Waals surface area contributed by atoms with E-state index in [1.807, 2.05) is 12.1 Å². The largest absolute Gasteiger partial charge is 0.494 e. The lowest BCUT2D eigenvalue weighted by atomic mass is 9.89. The number of ether oxygens (including phenoxy) is 2. The Morgan fingerprint density at radius 1 is 1.47 bits per heavy atom. The molecule has 0 spiro atoms. The SMILES string of the molecule is CCNC1CCOCC1Cc1cccc(OC)c1F. The molecule has 2 atom stereocenters. The molecule has 1 aromatic carbocycles. The van der Waals surface area contributed by atoms with Gasteiger partial charge in [0.05, 0.1) is 13.7 Å². The maximum absolute atomic E-state index is 14.2. The third-order valence-corrected chi connectivity index (χ3v) is 3.69. The number of hydrogen-bond donors (Lipinski definition) is 1. The first kappa shape index (κ1) is 14.3. The maximum atomic E-state index is 14.2. The van der Waals surface area contributed by atoms with Gasteiger partial charge in [0.1, 0.15) is 0 Å². The fraction of sp³-hybridized carbons (Fsp3) is 0.600. The van der Waals surface area contributed by atoms with Crippen LogP contribution in [0.3, 0.4) is 0 Å². The number of methoxy groups -OCH3 is 1. The second-order valence-corrected chi connectivity index (χ2v) is 4.93. The zero-order valence-electron chi connectivity index (χ0n) is 11.6. The molecule has 2 rings (SSSR count). The Bertz CT molecular complexity index is 409. The molecular formula is C15H22FNO2. The Hall–Kier alpha value is -1.13. The molecule has 106 valence electrons. The summed E-state index contributed by atoms with van der Waals surface area (Å²) in [6.45, 7) is 4.50. The van der Waals surface area contributed by atoms with Crippen molar-refractivity contribution < 1.29 is 13.9 Å². The quantitative estimate of drug-likeness (QED) is 0.888. The second-order valence-electron chi connectivity index (χ2n) is 4.93. The second kappa shape index (κ2) is 6.87. The highest BCUT2D eigenvalue weighted by Crippen LogP contribution is 2.25. The van der Waals surface area contributed by atoms with E-state index in [9.17, 15) is 4.39 Å². The summed E-state index contributed by atoms with van der Waals surface area (Å²) in [5.74, 6) is 0.385. The van der Waals surface area contributed by atoms with Gasteiger partial charge in [-0.15, -0.1) is 0 Å². The molecule has 2 unspecified atom stereocenters. The smallest absolute Gasteiger partial charge is 0.168 e. The van der Waals surface area contributed by atoms with Crippen LogP contribution in [0.2, 0.25) is 0 Å². The van der Waals surface area contributed by atoms with Gasteiger partial charge >= 0.3 is 0 Å². The number of hydrogen-bond acceptors (Lipinski definition) is 3. The molecule has 0 bridgehead atoms. The van der Waals surface area contributed by atoms with E-state index >= 15 is 0 Å². The maximum Gasteiger partial charge on any atom is 0.168 e. The zero-order valence-corrected chi connectivity index (χ0v) is 11.6. The summed E-state index contributed by atoms with van der Waals surface area (Å²) >= 11 is 0. The molecule has 19 heavy (non-hydrogen) atoms. The molecule has 1 fully saturated rings. The van der Waals surface area contributed by atoms with Crippen molar-refractivity contribution in [2.24, 2.45) is 5.92 Å². The predicted octanol–water partition coefficient (Wildman–Crippen LogP) is 2.39. The van der Waals surface area contributed by atoms with Gasteiger partial charge in [-0.1, -0.05) is 19.1 Å². The minimum absolute atomic E-state index is 0.245. The van der Waals surface area contributed by atoms with E-state index in [1.165, 1.54) is 7.11 Å². The molecule has 4 heteroatoms. The van der Waals surface area contributed by atoms with Crippen LogP contribution in [-0.4, -0.2) is 32.9 Å². The Morgan fingerprint density at radius 2 is 2.32 bits per heavy atom. The minimum Gasteiger partial charge on any atom is -0.494 e. The summed E-state index contributed by atoms with van der Waals surface area (Å²) in [6, 6.07) is 5.72. The van der Waals surface area contributed by atoms with E-state index in [1.54, 1.807) is 6.07 Å². The number of rotatable bonds is 5. The van der Waals surface area contributed by atoms with Crippen LogP contribution in [0.15, 0.2) is 18.2 Å². The minimum atomic E-state index is -0.245. The summed E-state index contributed by atoms with van der Waals surface area (Å²) in [5, 5.41) is 3.47. The van der Waals surface area contributed by atoms with Crippen molar-refractivity contribution in [2.75, 3.05) is 26.9 Å². The molecule has 1 aliphatic heterocycles. The van der Waals surface area contributed by atoms with Crippen molar-refractivity contribution in [1.82, 2.24) is 5.32 Å². The first-order valence-electron chi connectivity index (χ1n) is 6.88. The van der Waals surface area contributed by atoms with Crippen LogP contribution in [0.1, 0.15) is 18.9 Å².